The number of phenols is 4. The first-order chi connectivity index (χ1) is 19.1. The molecule has 0 saturated carbocycles. The maximum absolute atomic E-state index is 10.5. The normalized spacial score (nSPS) is 11.3. The van der Waals surface area contributed by atoms with Crippen molar-refractivity contribution in [2.24, 2.45) is 0 Å². The van der Waals surface area contributed by atoms with Gasteiger partial charge in [0, 0.05) is 11.8 Å². The summed E-state index contributed by atoms with van der Waals surface area (Å²) in [5.41, 5.74) is 9.66. The number of hydrogen-bond acceptors (Lipinski definition) is 4. The van der Waals surface area contributed by atoms with Crippen LogP contribution in [0.25, 0.3) is 0 Å². The van der Waals surface area contributed by atoms with Crippen molar-refractivity contribution >= 4 is 0 Å². The number of aromatic hydroxyl groups is 4. The summed E-state index contributed by atoms with van der Waals surface area (Å²) in [4.78, 5) is 0. The summed E-state index contributed by atoms with van der Waals surface area (Å²) in [6.45, 7) is 7.66. The maximum atomic E-state index is 10.5. The van der Waals surface area contributed by atoms with E-state index in [0.717, 1.165) is 55.6 Å². The van der Waals surface area contributed by atoms with E-state index in [1.165, 1.54) is 0 Å². The Kier molecular flexibility index (Phi) is 7.27. The van der Waals surface area contributed by atoms with Crippen LogP contribution >= 0.6 is 0 Å². The standard InChI is InChI=1S/C36H34O4/c1-21-17-29(18-22(2)35(21)39)34(30-19-23(3)36(40)24(4)20-30)26-7-5-25(6-8-26)33(27-9-13-31(37)14-10-27)28-11-15-32(38)16-12-28/h5-20,33-34,37-40H,1-4H3. The Balaban J connectivity index is 1.64. The molecule has 4 heteroatoms. The fraction of sp³-hybridized carbons (Fsp3) is 0.167. The molecule has 0 aliphatic heterocycles. The summed E-state index contributed by atoms with van der Waals surface area (Å²) in [7, 11) is 0. The van der Waals surface area contributed by atoms with Crippen LogP contribution in [0.3, 0.4) is 0 Å². The molecule has 4 nitrogen and oxygen atoms in total. The third-order valence-corrected chi connectivity index (χ3v) is 7.75. The van der Waals surface area contributed by atoms with Crippen molar-refractivity contribution in [3.8, 4) is 23.0 Å². The highest BCUT2D eigenvalue weighted by molar-refractivity contribution is 5.54. The lowest BCUT2D eigenvalue weighted by molar-refractivity contribution is 0.466. The molecule has 5 aromatic carbocycles. The molecule has 0 heterocycles. The van der Waals surface area contributed by atoms with Crippen LogP contribution in [0.2, 0.25) is 0 Å². The van der Waals surface area contributed by atoms with Gasteiger partial charge in [-0.25, -0.2) is 0 Å². The van der Waals surface area contributed by atoms with Crippen LogP contribution < -0.4 is 0 Å². The van der Waals surface area contributed by atoms with E-state index in [4.69, 9.17) is 0 Å². The zero-order chi connectivity index (χ0) is 28.6. The van der Waals surface area contributed by atoms with Gasteiger partial charge in [-0.1, -0.05) is 72.8 Å². The first kappa shape index (κ1) is 26.9. The molecule has 40 heavy (non-hydrogen) atoms. The molecule has 0 radical (unpaired) electrons. The van der Waals surface area contributed by atoms with Crippen molar-refractivity contribution in [2.75, 3.05) is 0 Å². The van der Waals surface area contributed by atoms with Crippen LogP contribution in [-0.4, -0.2) is 20.4 Å². The minimum absolute atomic E-state index is 0.0926. The molecule has 0 saturated heterocycles. The van der Waals surface area contributed by atoms with Gasteiger partial charge in [0.2, 0.25) is 0 Å². The first-order valence-electron chi connectivity index (χ1n) is 13.4. The van der Waals surface area contributed by atoms with Crippen LogP contribution in [0.15, 0.2) is 97.1 Å². The Hall–Kier alpha value is -4.70. The summed E-state index contributed by atoms with van der Waals surface area (Å²) >= 11 is 0. The zero-order valence-corrected chi connectivity index (χ0v) is 23.2. The average Bonchev–Trinajstić information content (AvgIpc) is 2.93. The predicted octanol–water partition coefficient (Wildman–Crippen LogP) is 8.10. The Labute approximate surface area is 235 Å². The van der Waals surface area contributed by atoms with Gasteiger partial charge in [0.1, 0.15) is 23.0 Å². The number of rotatable bonds is 6. The number of benzene rings is 5. The zero-order valence-electron chi connectivity index (χ0n) is 23.2. The van der Waals surface area contributed by atoms with Crippen molar-refractivity contribution in [3.05, 3.63) is 153 Å². The van der Waals surface area contributed by atoms with Gasteiger partial charge in [0.15, 0.2) is 0 Å². The summed E-state index contributed by atoms with van der Waals surface area (Å²) in [5.74, 6) is 0.842. The van der Waals surface area contributed by atoms with E-state index in [0.29, 0.717) is 11.5 Å². The van der Waals surface area contributed by atoms with Crippen LogP contribution in [0, 0.1) is 27.7 Å². The Bertz CT molecular complexity index is 1500. The smallest absolute Gasteiger partial charge is 0.121 e. The van der Waals surface area contributed by atoms with Gasteiger partial charge in [0.25, 0.3) is 0 Å². The minimum atomic E-state index is -0.106. The number of hydrogen-bond donors (Lipinski definition) is 4. The van der Waals surface area contributed by atoms with E-state index >= 15 is 0 Å². The van der Waals surface area contributed by atoms with Crippen LogP contribution in [0.4, 0.5) is 0 Å². The molecule has 0 aliphatic carbocycles. The van der Waals surface area contributed by atoms with Crippen molar-refractivity contribution < 1.29 is 20.4 Å². The quantitative estimate of drug-likeness (QED) is 0.167. The third-order valence-electron chi connectivity index (χ3n) is 7.75. The van der Waals surface area contributed by atoms with E-state index in [9.17, 15) is 20.4 Å². The lowest BCUT2D eigenvalue weighted by Crippen LogP contribution is -2.07. The van der Waals surface area contributed by atoms with Gasteiger partial charge in [-0.05, 0) is 108 Å². The molecular weight excluding hydrogens is 496 g/mol. The summed E-state index contributed by atoms with van der Waals surface area (Å²) in [5, 5.41) is 40.7. The van der Waals surface area contributed by atoms with Gasteiger partial charge in [-0.15, -0.1) is 0 Å². The van der Waals surface area contributed by atoms with Crippen molar-refractivity contribution in [1.29, 1.82) is 0 Å². The highest BCUT2D eigenvalue weighted by Gasteiger charge is 2.22. The highest BCUT2D eigenvalue weighted by atomic mass is 16.3. The molecule has 202 valence electrons. The van der Waals surface area contributed by atoms with Gasteiger partial charge >= 0.3 is 0 Å². The van der Waals surface area contributed by atoms with Gasteiger partial charge in [-0.2, -0.15) is 0 Å². The van der Waals surface area contributed by atoms with Gasteiger partial charge in [0.05, 0.1) is 0 Å². The Morgan fingerprint density at radius 3 is 0.850 bits per heavy atom. The Morgan fingerprint density at radius 1 is 0.350 bits per heavy atom. The summed E-state index contributed by atoms with van der Waals surface area (Å²) < 4.78 is 0. The summed E-state index contributed by atoms with van der Waals surface area (Å²) in [6.07, 6.45) is 0. The highest BCUT2D eigenvalue weighted by Crippen LogP contribution is 2.40. The maximum Gasteiger partial charge on any atom is 0.121 e. The molecule has 0 amide bonds. The van der Waals surface area contributed by atoms with E-state index < -0.39 is 0 Å². The number of aryl methyl sites for hydroxylation is 4. The van der Waals surface area contributed by atoms with Crippen molar-refractivity contribution in [2.45, 2.75) is 39.5 Å². The molecule has 0 unspecified atom stereocenters. The molecule has 5 aromatic rings. The van der Waals surface area contributed by atoms with E-state index in [-0.39, 0.29) is 23.3 Å². The van der Waals surface area contributed by atoms with Crippen LogP contribution in [0.5, 0.6) is 23.0 Å². The third kappa shape index (κ3) is 5.26. The molecule has 4 N–H and O–H groups in total. The van der Waals surface area contributed by atoms with E-state index in [1.54, 1.807) is 24.3 Å². The van der Waals surface area contributed by atoms with Crippen LogP contribution in [0.1, 0.15) is 67.5 Å². The second-order valence-corrected chi connectivity index (χ2v) is 10.7. The van der Waals surface area contributed by atoms with E-state index in [1.807, 2.05) is 76.2 Å². The topological polar surface area (TPSA) is 80.9 Å². The van der Waals surface area contributed by atoms with Crippen LogP contribution in [-0.2, 0) is 0 Å². The molecule has 0 spiro atoms. The number of phenolic OH excluding ortho intramolecular Hbond substituents is 4. The molecule has 0 aliphatic rings. The fourth-order valence-corrected chi connectivity index (χ4v) is 5.68. The van der Waals surface area contributed by atoms with Crippen molar-refractivity contribution in [1.82, 2.24) is 0 Å². The monoisotopic (exact) mass is 530 g/mol. The molecule has 0 bridgehead atoms. The van der Waals surface area contributed by atoms with Gasteiger partial charge < -0.3 is 20.4 Å². The van der Waals surface area contributed by atoms with Crippen molar-refractivity contribution in [3.63, 3.8) is 0 Å². The second kappa shape index (κ2) is 10.8. The lowest BCUT2D eigenvalue weighted by Gasteiger charge is -2.24. The molecular formula is C36H34O4. The molecule has 0 atom stereocenters. The SMILES string of the molecule is Cc1cc(C(c2ccc(C(c3ccc(O)cc3)c3ccc(O)cc3)cc2)c2cc(C)c(O)c(C)c2)cc(C)c1O. The predicted molar refractivity (Wildman–Crippen MR) is 160 cm³/mol. The lowest BCUT2D eigenvalue weighted by atomic mass is 9.80. The summed E-state index contributed by atoms with van der Waals surface area (Å²) in [6, 6.07) is 31.2. The minimum Gasteiger partial charge on any atom is -0.508 e. The first-order valence-corrected chi connectivity index (χ1v) is 13.4. The van der Waals surface area contributed by atoms with Gasteiger partial charge in [-0.3, -0.25) is 0 Å². The second-order valence-electron chi connectivity index (χ2n) is 10.7. The molecule has 5 rings (SSSR count). The molecule has 0 aromatic heterocycles. The largest absolute Gasteiger partial charge is 0.508 e. The fourth-order valence-electron chi connectivity index (χ4n) is 5.68. The molecule has 0 fully saturated rings. The Morgan fingerprint density at radius 2 is 0.575 bits per heavy atom. The average molecular weight is 531 g/mol. The van der Waals surface area contributed by atoms with E-state index in [2.05, 4.69) is 24.3 Å².